The Morgan fingerprint density at radius 3 is 2.41 bits per heavy atom. The number of carbonyl (C=O) groups is 1. The third-order valence-corrected chi connectivity index (χ3v) is 5.81. The van der Waals surface area contributed by atoms with Crippen LogP contribution in [-0.2, 0) is 17.9 Å². The average Bonchev–Trinajstić information content (AvgIpc) is 3.42. The van der Waals surface area contributed by atoms with Crippen molar-refractivity contribution in [2.24, 2.45) is 0 Å². The molecule has 0 fully saturated rings. The number of fused-ring (bicyclic) bond motifs is 1. The molecule has 170 valence electrons. The first-order valence-corrected chi connectivity index (χ1v) is 11.1. The summed E-state index contributed by atoms with van der Waals surface area (Å²) in [6, 6.07) is 26.3. The smallest absolute Gasteiger partial charge is 0.408 e. The predicted octanol–water partition coefficient (Wildman–Crippen LogP) is 4.38. The number of rotatable bonds is 7. The van der Waals surface area contributed by atoms with Gasteiger partial charge in [-0.15, -0.1) is 0 Å². The van der Waals surface area contributed by atoms with Crippen LogP contribution >= 0.6 is 0 Å². The van der Waals surface area contributed by atoms with E-state index in [0.29, 0.717) is 17.6 Å². The maximum atomic E-state index is 13.0. The minimum atomic E-state index is -0.726. The lowest BCUT2D eigenvalue weighted by molar-refractivity contribution is -0.124. The van der Waals surface area contributed by atoms with Crippen molar-refractivity contribution in [2.75, 3.05) is 0 Å². The van der Waals surface area contributed by atoms with E-state index in [4.69, 9.17) is 9.52 Å². The number of carbonyl (C=O) groups excluding carboxylic acids is 1. The zero-order chi connectivity index (χ0) is 23.5. The molecule has 2 aromatic heterocycles. The highest BCUT2D eigenvalue weighted by atomic mass is 16.4. The molecule has 7 heteroatoms. The van der Waals surface area contributed by atoms with Crippen LogP contribution in [0.1, 0.15) is 24.1 Å². The fourth-order valence-electron chi connectivity index (χ4n) is 4.08. The summed E-state index contributed by atoms with van der Waals surface area (Å²) in [6.45, 7) is 2.60. The first-order valence-electron chi connectivity index (χ1n) is 11.1. The molecule has 1 N–H and O–H groups in total. The Morgan fingerprint density at radius 2 is 1.65 bits per heavy atom. The Kier molecular flexibility index (Phi) is 5.82. The first kappa shape index (κ1) is 21.5. The molecule has 0 aliphatic rings. The lowest BCUT2D eigenvalue weighted by Crippen LogP contribution is -2.34. The van der Waals surface area contributed by atoms with E-state index in [-0.39, 0.29) is 12.5 Å². The molecule has 0 aliphatic heterocycles. The molecule has 1 unspecified atom stereocenters. The molecule has 34 heavy (non-hydrogen) atoms. The van der Waals surface area contributed by atoms with Crippen molar-refractivity contribution in [1.82, 2.24) is 19.7 Å². The molecule has 0 spiro atoms. The number of benzene rings is 3. The molecule has 3 aromatic carbocycles. The monoisotopic (exact) mass is 452 g/mol. The van der Waals surface area contributed by atoms with E-state index in [2.05, 4.69) is 17.4 Å². The van der Waals surface area contributed by atoms with Crippen molar-refractivity contribution in [3.05, 3.63) is 113 Å². The van der Waals surface area contributed by atoms with E-state index in [9.17, 15) is 9.59 Å². The van der Waals surface area contributed by atoms with E-state index in [0.717, 1.165) is 22.4 Å². The highest BCUT2D eigenvalue weighted by molar-refractivity contribution is 5.83. The number of aromatic nitrogens is 3. The maximum absolute atomic E-state index is 13.0. The van der Waals surface area contributed by atoms with Crippen molar-refractivity contribution in [3.8, 4) is 11.3 Å². The third-order valence-electron chi connectivity index (χ3n) is 5.81. The van der Waals surface area contributed by atoms with Gasteiger partial charge in [-0.1, -0.05) is 72.8 Å². The molecular formula is C27H24N4O3. The van der Waals surface area contributed by atoms with Crippen LogP contribution in [-0.4, -0.2) is 20.3 Å². The van der Waals surface area contributed by atoms with Crippen LogP contribution in [0.25, 0.3) is 22.4 Å². The molecule has 2 heterocycles. The van der Waals surface area contributed by atoms with Gasteiger partial charge >= 0.3 is 5.76 Å². The zero-order valence-electron chi connectivity index (χ0n) is 18.7. The number of nitrogens with zero attached hydrogens (tertiary/aromatic N) is 3. The van der Waals surface area contributed by atoms with E-state index in [1.54, 1.807) is 25.1 Å². The summed E-state index contributed by atoms with van der Waals surface area (Å²) in [7, 11) is 0. The second kappa shape index (κ2) is 9.23. The number of nitrogens with one attached hydrogen (secondary N) is 1. The molecule has 5 rings (SSSR count). The lowest BCUT2D eigenvalue weighted by atomic mass is 10.1. The van der Waals surface area contributed by atoms with Crippen LogP contribution in [0.5, 0.6) is 0 Å². The third kappa shape index (κ3) is 4.28. The average molecular weight is 453 g/mol. The molecule has 0 saturated carbocycles. The SMILES string of the molecule is CC(C(=O)NCc1cn(Cc2ccccc2)nc1-c1ccccc1)n1c(=O)oc2ccccc21. The van der Waals surface area contributed by atoms with Crippen LogP contribution in [0.15, 0.2) is 100 Å². The summed E-state index contributed by atoms with van der Waals surface area (Å²) < 4.78 is 8.55. The van der Waals surface area contributed by atoms with E-state index < -0.39 is 11.8 Å². The molecule has 0 aliphatic carbocycles. The van der Waals surface area contributed by atoms with Crippen LogP contribution in [0.4, 0.5) is 0 Å². The van der Waals surface area contributed by atoms with Crippen molar-refractivity contribution in [2.45, 2.75) is 26.1 Å². The standard InChI is InChI=1S/C27H24N4O3/c1-19(31-23-14-8-9-15-24(23)34-27(31)33)26(32)28-16-22-18-30(17-20-10-4-2-5-11-20)29-25(22)21-12-6-3-7-13-21/h2-15,18-19H,16-17H2,1H3,(H,28,32). The molecule has 0 saturated heterocycles. The first-order chi connectivity index (χ1) is 16.6. The minimum Gasteiger partial charge on any atom is -0.408 e. The number of hydrogen-bond donors (Lipinski definition) is 1. The summed E-state index contributed by atoms with van der Waals surface area (Å²) in [4.78, 5) is 25.4. The highest BCUT2D eigenvalue weighted by Gasteiger charge is 2.22. The Hall–Kier alpha value is -4.39. The lowest BCUT2D eigenvalue weighted by Gasteiger charge is -2.13. The van der Waals surface area contributed by atoms with Gasteiger partial charge in [-0.05, 0) is 24.6 Å². The van der Waals surface area contributed by atoms with E-state index >= 15 is 0 Å². The number of oxazole rings is 1. The Morgan fingerprint density at radius 1 is 0.971 bits per heavy atom. The van der Waals surface area contributed by atoms with E-state index in [1.807, 2.05) is 65.5 Å². The van der Waals surface area contributed by atoms with Gasteiger partial charge in [-0.25, -0.2) is 4.79 Å². The van der Waals surface area contributed by atoms with Crippen molar-refractivity contribution in [3.63, 3.8) is 0 Å². The summed E-state index contributed by atoms with van der Waals surface area (Å²) in [5, 5.41) is 7.77. The zero-order valence-corrected chi connectivity index (χ0v) is 18.7. The van der Waals surface area contributed by atoms with Gasteiger partial charge in [0.1, 0.15) is 6.04 Å². The molecule has 0 bridgehead atoms. The van der Waals surface area contributed by atoms with Gasteiger partial charge in [-0.3, -0.25) is 14.0 Å². The molecular weight excluding hydrogens is 428 g/mol. The van der Waals surface area contributed by atoms with E-state index in [1.165, 1.54) is 4.57 Å². The van der Waals surface area contributed by atoms with Crippen LogP contribution in [0.3, 0.4) is 0 Å². The molecule has 7 nitrogen and oxygen atoms in total. The van der Waals surface area contributed by atoms with Crippen LogP contribution in [0.2, 0.25) is 0 Å². The highest BCUT2D eigenvalue weighted by Crippen LogP contribution is 2.23. The fourth-order valence-corrected chi connectivity index (χ4v) is 4.08. The normalized spacial score (nSPS) is 12.0. The van der Waals surface area contributed by atoms with Gasteiger partial charge < -0.3 is 9.73 Å². The molecule has 0 radical (unpaired) electrons. The van der Waals surface area contributed by atoms with Crippen molar-refractivity contribution < 1.29 is 9.21 Å². The quantitative estimate of drug-likeness (QED) is 0.397. The maximum Gasteiger partial charge on any atom is 0.420 e. The van der Waals surface area contributed by atoms with Gasteiger partial charge in [0.2, 0.25) is 5.91 Å². The summed E-state index contributed by atoms with van der Waals surface area (Å²) in [5.74, 6) is -0.826. The van der Waals surface area contributed by atoms with Crippen molar-refractivity contribution in [1.29, 1.82) is 0 Å². The second-order valence-corrected chi connectivity index (χ2v) is 8.15. The second-order valence-electron chi connectivity index (χ2n) is 8.15. The van der Waals surface area contributed by atoms with Gasteiger partial charge in [0, 0.05) is 23.9 Å². The molecule has 1 amide bonds. The number of amides is 1. The largest absolute Gasteiger partial charge is 0.420 e. The van der Waals surface area contributed by atoms with Gasteiger partial charge in [0.05, 0.1) is 17.8 Å². The summed E-state index contributed by atoms with van der Waals surface area (Å²) in [5.41, 5.74) is 4.88. The Labute approximate surface area is 196 Å². The molecule has 1 atom stereocenters. The van der Waals surface area contributed by atoms with Crippen LogP contribution < -0.4 is 11.1 Å². The van der Waals surface area contributed by atoms with Crippen LogP contribution in [0, 0.1) is 0 Å². The van der Waals surface area contributed by atoms with Gasteiger partial charge in [-0.2, -0.15) is 5.10 Å². The minimum absolute atomic E-state index is 0.275. The Bertz CT molecular complexity index is 1480. The fraction of sp³-hybridized carbons (Fsp3) is 0.148. The molecule has 5 aromatic rings. The summed E-state index contributed by atoms with van der Waals surface area (Å²) >= 11 is 0. The number of hydrogen-bond acceptors (Lipinski definition) is 4. The van der Waals surface area contributed by atoms with Gasteiger partial charge in [0.15, 0.2) is 5.58 Å². The number of para-hydroxylation sites is 2. The topological polar surface area (TPSA) is 82.1 Å². The Balaban J connectivity index is 1.39. The summed E-state index contributed by atoms with van der Waals surface area (Å²) in [6.07, 6.45) is 1.96. The van der Waals surface area contributed by atoms with Gasteiger partial charge in [0.25, 0.3) is 0 Å². The predicted molar refractivity (Wildman–Crippen MR) is 130 cm³/mol. The van der Waals surface area contributed by atoms with Crippen molar-refractivity contribution >= 4 is 17.0 Å².